The van der Waals surface area contributed by atoms with Crippen LogP contribution in [-0.4, -0.2) is 21.5 Å². The van der Waals surface area contributed by atoms with Crippen LogP contribution in [0.2, 0.25) is 0 Å². The van der Waals surface area contributed by atoms with E-state index in [2.05, 4.69) is 24.1 Å². The van der Waals surface area contributed by atoms with Crippen molar-refractivity contribution in [2.45, 2.75) is 58.5 Å². The minimum atomic E-state index is 0.0966. The number of carbonyl (C=O) groups excluding carboxylic acids is 1. The second-order valence-corrected chi connectivity index (χ2v) is 7.48. The molecule has 3 rings (SSSR count). The van der Waals surface area contributed by atoms with Crippen molar-refractivity contribution in [2.24, 2.45) is 29.4 Å². The Hall–Kier alpha value is -1.36. The lowest BCUT2D eigenvalue weighted by molar-refractivity contribution is -0.122. The first-order valence-corrected chi connectivity index (χ1v) is 8.62. The van der Waals surface area contributed by atoms with E-state index in [9.17, 15) is 4.79 Å². The number of anilines is 1. The van der Waals surface area contributed by atoms with Gasteiger partial charge in [-0.25, -0.2) is 4.98 Å². The predicted molar refractivity (Wildman–Crippen MR) is 87.2 cm³/mol. The van der Waals surface area contributed by atoms with Crippen molar-refractivity contribution in [3.63, 3.8) is 0 Å². The fraction of sp³-hybridized carbons (Fsp3) is 0.765. The van der Waals surface area contributed by atoms with Gasteiger partial charge in [-0.3, -0.25) is 10.1 Å². The van der Waals surface area contributed by atoms with Gasteiger partial charge in [0.25, 0.3) is 0 Å². The number of nitrogens with zero attached hydrogens (tertiary/aromatic N) is 2. The maximum atomic E-state index is 12.6. The summed E-state index contributed by atoms with van der Waals surface area (Å²) in [6, 6.07) is 0.306. The molecule has 0 spiro atoms. The lowest BCUT2D eigenvalue weighted by Crippen LogP contribution is -2.48. The molecule has 1 aromatic rings. The number of amides is 1. The number of rotatable bonds is 4. The standard InChI is InChI=1S/C17H28N4O/c1-11(2)10-21-7-6-19-17(21)20-16(22)14-8-12-4-3-5-13(9-14)15(12)18/h6-7,11-15H,3-5,8-10,18H2,1-2H3,(H,19,20,22). The maximum Gasteiger partial charge on any atom is 0.229 e. The molecule has 2 bridgehead atoms. The largest absolute Gasteiger partial charge is 0.327 e. The minimum absolute atomic E-state index is 0.0966. The van der Waals surface area contributed by atoms with E-state index in [0.29, 0.717) is 29.7 Å². The van der Waals surface area contributed by atoms with E-state index in [1.165, 1.54) is 19.3 Å². The SMILES string of the molecule is CC(C)Cn1ccnc1NC(=O)C1CC2CCCC(C1)C2N. The van der Waals surface area contributed by atoms with Crippen molar-refractivity contribution in [1.29, 1.82) is 0 Å². The van der Waals surface area contributed by atoms with Crippen LogP contribution in [-0.2, 0) is 11.3 Å². The van der Waals surface area contributed by atoms with Crippen LogP contribution in [0.15, 0.2) is 12.4 Å². The Bertz CT molecular complexity index is 510. The van der Waals surface area contributed by atoms with Gasteiger partial charge in [0.2, 0.25) is 11.9 Å². The number of hydrogen-bond acceptors (Lipinski definition) is 3. The number of nitrogens with one attached hydrogen (secondary N) is 1. The first kappa shape index (κ1) is 15.5. The van der Waals surface area contributed by atoms with Crippen LogP contribution in [0.4, 0.5) is 5.95 Å². The van der Waals surface area contributed by atoms with Gasteiger partial charge in [0, 0.05) is 30.9 Å². The molecule has 0 aliphatic heterocycles. The van der Waals surface area contributed by atoms with Gasteiger partial charge in [-0.05, 0) is 43.4 Å². The fourth-order valence-corrected chi connectivity index (χ4v) is 4.19. The molecule has 5 nitrogen and oxygen atoms in total. The summed E-state index contributed by atoms with van der Waals surface area (Å²) in [6.45, 7) is 5.20. The first-order chi connectivity index (χ1) is 10.5. The molecule has 2 atom stereocenters. The summed E-state index contributed by atoms with van der Waals surface area (Å²) in [5.74, 6) is 2.48. The van der Waals surface area contributed by atoms with Crippen LogP contribution in [0.1, 0.15) is 46.0 Å². The molecule has 122 valence electrons. The number of imidazole rings is 1. The molecule has 5 heteroatoms. The zero-order chi connectivity index (χ0) is 15.7. The van der Waals surface area contributed by atoms with Crippen LogP contribution in [0.3, 0.4) is 0 Å². The van der Waals surface area contributed by atoms with E-state index < -0.39 is 0 Å². The summed E-state index contributed by atoms with van der Waals surface area (Å²) >= 11 is 0. The van der Waals surface area contributed by atoms with Crippen molar-refractivity contribution in [2.75, 3.05) is 5.32 Å². The Labute approximate surface area is 132 Å². The van der Waals surface area contributed by atoms with Crippen molar-refractivity contribution >= 4 is 11.9 Å². The van der Waals surface area contributed by atoms with Crippen molar-refractivity contribution < 1.29 is 4.79 Å². The molecule has 1 amide bonds. The summed E-state index contributed by atoms with van der Waals surface area (Å²) in [7, 11) is 0. The molecule has 2 fully saturated rings. The molecule has 2 aliphatic carbocycles. The molecule has 0 aromatic carbocycles. The van der Waals surface area contributed by atoms with Crippen LogP contribution in [0.5, 0.6) is 0 Å². The van der Waals surface area contributed by atoms with Gasteiger partial charge in [-0.15, -0.1) is 0 Å². The fourth-order valence-electron chi connectivity index (χ4n) is 4.19. The minimum Gasteiger partial charge on any atom is -0.327 e. The summed E-state index contributed by atoms with van der Waals surface area (Å²) in [4.78, 5) is 16.9. The van der Waals surface area contributed by atoms with E-state index in [1.807, 2.05) is 10.8 Å². The molecule has 22 heavy (non-hydrogen) atoms. The Morgan fingerprint density at radius 2 is 2.09 bits per heavy atom. The van der Waals surface area contributed by atoms with Gasteiger partial charge in [-0.2, -0.15) is 0 Å². The maximum absolute atomic E-state index is 12.6. The highest BCUT2D eigenvalue weighted by Crippen LogP contribution is 2.42. The van der Waals surface area contributed by atoms with E-state index in [4.69, 9.17) is 5.73 Å². The number of aromatic nitrogens is 2. The Morgan fingerprint density at radius 3 is 2.73 bits per heavy atom. The van der Waals surface area contributed by atoms with Crippen LogP contribution in [0, 0.1) is 23.7 Å². The lowest BCUT2D eigenvalue weighted by atomic mass is 9.65. The molecular weight excluding hydrogens is 276 g/mol. The molecule has 0 radical (unpaired) electrons. The number of nitrogens with two attached hydrogens (primary N) is 1. The van der Waals surface area contributed by atoms with Gasteiger partial charge >= 0.3 is 0 Å². The van der Waals surface area contributed by atoms with E-state index in [0.717, 1.165) is 19.4 Å². The van der Waals surface area contributed by atoms with E-state index >= 15 is 0 Å². The Balaban J connectivity index is 1.64. The number of hydrogen-bond donors (Lipinski definition) is 2. The Kier molecular flexibility index (Phi) is 4.52. The van der Waals surface area contributed by atoms with Crippen LogP contribution < -0.4 is 11.1 Å². The second kappa shape index (κ2) is 6.41. The summed E-state index contributed by atoms with van der Waals surface area (Å²) in [5.41, 5.74) is 6.31. The number of fused-ring (bicyclic) bond motifs is 2. The molecule has 0 saturated heterocycles. The normalized spacial score (nSPS) is 31.3. The zero-order valence-electron chi connectivity index (χ0n) is 13.7. The molecule has 2 unspecified atom stereocenters. The average molecular weight is 304 g/mol. The topological polar surface area (TPSA) is 72.9 Å². The highest BCUT2D eigenvalue weighted by atomic mass is 16.2. The smallest absolute Gasteiger partial charge is 0.229 e. The van der Waals surface area contributed by atoms with Gasteiger partial charge in [0.15, 0.2) is 0 Å². The lowest BCUT2D eigenvalue weighted by Gasteiger charge is -2.43. The molecule has 3 N–H and O–H groups in total. The summed E-state index contributed by atoms with van der Waals surface area (Å²) in [6.07, 6.45) is 9.20. The predicted octanol–water partition coefficient (Wildman–Crippen LogP) is 2.63. The van der Waals surface area contributed by atoms with Crippen molar-refractivity contribution in [1.82, 2.24) is 9.55 Å². The van der Waals surface area contributed by atoms with E-state index in [-0.39, 0.29) is 11.8 Å². The summed E-state index contributed by atoms with van der Waals surface area (Å²) < 4.78 is 2.03. The van der Waals surface area contributed by atoms with Crippen LogP contribution >= 0.6 is 0 Å². The highest BCUT2D eigenvalue weighted by molar-refractivity contribution is 5.91. The molecule has 2 saturated carbocycles. The summed E-state index contributed by atoms with van der Waals surface area (Å²) in [5, 5.41) is 3.04. The third kappa shape index (κ3) is 3.19. The molecule has 2 aliphatic rings. The van der Waals surface area contributed by atoms with Gasteiger partial charge in [0.1, 0.15) is 0 Å². The van der Waals surface area contributed by atoms with Gasteiger partial charge < -0.3 is 10.3 Å². The molecular formula is C17H28N4O. The van der Waals surface area contributed by atoms with Crippen LogP contribution in [0.25, 0.3) is 0 Å². The quantitative estimate of drug-likeness (QED) is 0.898. The van der Waals surface area contributed by atoms with Crippen molar-refractivity contribution in [3.05, 3.63) is 12.4 Å². The van der Waals surface area contributed by atoms with E-state index in [1.54, 1.807) is 6.20 Å². The second-order valence-electron chi connectivity index (χ2n) is 7.48. The third-order valence-corrected chi connectivity index (χ3v) is 5.30. The van der Waals surface area contributed by atoms with Crippen molar-refractivity contribution in [3.8, 4) is 0 Å². The third-order valence-electron chi connectivity index (χ3n) is 5.30. The average Bonchev–Trinajstić information content (AvgIpc) is 2.84. The Morgan fingerprint density at radius 1 is 1.41 bits per heavy atom. The number of carbonyl (C=O) groups is 1. The first-order valence-electron chi connectivity index (χ1n) is 8.62. The zero-order valence-corrected chi connectivity index (χ0v) is 13.7. The van der Waals surface area contributed by atoms with Gasteiger partial charge in [-0.1, -0.05) is 20.3 Å². The molecule has 1 heterocycles. The van der Waals surface area contributed by atoms with Gasteiger partial charge in [0.05, 0.1) is 0 Å². The highest BCUT2D eigenvalue weighted by Gasteiger charge is 2.40. The molecule has 1 aromatic heterocycles. The monoisotopic (exact) mass is 304 g/mol.